The molecule has 2 unspecified atom stereocenters. The van der Waals surface area contributed by atoms with Gasteiger partial charge in [-0.2, -0.15) is 0 Å². The lowest BCUT2D eigenvalue weighted by molar-refractivity contribution is 0.304. The topological polar surface area (TPSA) is 32.3 Å². The molecule has 0 aromatic rings. The van der Waals surface area contributed by atoms with Crippen molar-refractivity contribution in [3.63, 3.8) is 0 Å². The van der Waals surface area contributed by atoms with Gasteiger partial charge in [-0.3, -0.25) is 0 Å². The Kier molecular flexibility index (Phi) is 8.20. The van der Waals surface area contributed by atoms with Crippen LogP contribution in [0, 0.1) is 11.8 Å². The van der Waals surface area contributed by atoms with Gasteiger partial charge in [0, 0.05) is 12.6 Å². The zero-order valence-electron chi connectivity index (χ0n) is 10.2. The summed E-state index contributed by atoms with van der Waals surface area (Å²) in [5.41, 5.74) is 0. The predicted octanol–water partition coefficient (Wildman–Crippen LogP) is 2.42. The molecule has 86 valence electrons. The molecule has 0 radical (unpaired) electrons. The van der Waals surface area contributed by atoms with Gasteiger partial charge in [0.25, 0.3) is 0 Å². The molecule has 1 saturated carbocycles. The molecule has 0 amide bonds. The van der Waals surface area contributed by atoms with Gasteiger partial charge in [0.15, 0.2) is 0 Å². The van der Waals surface area contributed by atoms with Crippen LogP contribution < -0.4 is 5.32 Å². The molecule has 0 aromatic heterocycles. The van der Waals surface area contributed by atoms with Gasteiger partial charge < -0.3 is 10.4 Å². The summed E-state index contributed by atoms with van der Waals surface area (Å²) in [4.78, 5) is 0. The smallest absolute Gasteiger partial charge is 0.0402 e. The molecule has 2 nitrogen and oxygen atoms in total. The molecular formula is C12H27NO. The Hall–Kier alpha value is -0.0800. The first-order valence-corrected chi connectivity index (χ1v) is 5.95. The van der Waals surface area contributed by atoms with E-state index in [-0.39, 0.29) is 6.61 Å². The monoisotopic (exact) mass is 201 g/mol. The highest BCUT2D eigenvalue weighted by atomic mass is 16.2. The van der Waals surface area contributed by atoms with Crippen LogP contribution in [0.25, 0.3) is 0 Å². The van der Waals surface area contributed by atoms with Gasteiger partial charge in [-0.15, -0.1) is 0 Å². The summed E-state index contributed by atoms with van der Waals surface area (Å²) in [5.74, 6) is 1.75. The Bertz CT molecular complexity index is 115. The number of aliphatic hydroxyl groups excluding tert-OH is 1. The fourth-order valence-electron chi connectivity index (χ4n) is 2.42. The van der Waals surface area contributed by atoms with E-state index in [4.69, 9.17) is 5.11 Å². The molecule has 2 atom stereocenters. The third kappa shape index (κ3) is 4.97. The van der Waals surface area contributed by atoms with E-state index in [0.717, 1.165) is 17.9 Å². The molecular weight excluding hydrogens is 174 g/mol. The van der Waals surface area contributed by atoms with Crippen molar-refractivity contribution in [2.24, 2.45) is 11.8 Å². The maximum Gasteiger partial charge on any atom is 0.0402 e. The van der Waals surface area contributed by atoms with Crippen LogP contribution in [0.5, 0.6) is 0 Å². The average molecular weight is 201 g/mol. The third-order valence-electron chi connectivity index (χ3n) is 3.13. The van der Waals surface area contributed by atoms with Crippen LogP contribution in [-0.2, 0) is 0 Å². The molecule has 2 heteroatoms. The van der Waals surface area contributed by atoms with Crippen molar-refractivity contribution in [2.45, 2.75) is 52.5 Å². The number of hydrogen-bond donors (Lipinski definition) is 2. The Balaban J connectivity index is 0.000000500. The van der Waals surface area contributed by atoms with Crippen molar-refractivity contribution in [2.75, 3.05) is 13.7 Å². The van der Waals surface area contributed by atoms with Crippen molar-refractivity contribution in [1.29, 1.82) is 0 Å². The summed E-state index contributed by atoms with van der Waals surface area (Å²) >= 11 is 0. The van der Waals surface area contributed by atoms with E-state index in [0.29, 0.717) is 0 Å². The molecule has 0 bridgehead atoms. The van der Waals surface area contributed by atoms with Crippen LogP contribution in [0.4, 0.5) is 0 Å². The minimum Gasteiger partial charge on any atom is -0.397 e. The van der Waals surface area contributed by atoms with E-state index < -0.39 is 0 Å². The molecule has 1 aliphatic carbocycles. The summed E-state index contributed by atoms with van der Waals surface area (Å²) in [6.07, 6.45) is 5.69. The van der Waals surface area contributed by atoms with Crippen molar-refractivity contribution in [1.82, 2.24) is 5.32 Å². The Morgan fingerprint density at radius 2 is 1.50 bits per heavy atom. The highest BCUT2D eigenvalue weighted by Crippen LogP contribution is 2.27. The van der Waals surface area contributed by atoms with Crippen molar-refractivity contribution < 1.29 is 5.11 Å². The van der Waals surface area contributed by atoms with E-state index >= 15 is 0 Å². The number of rotatable bonds is 1. The fourth-order valence-corrected chi connectivity index (χ4v) is 2.42. The second-order valence-corrected chi connectivity index (χ2v) is 4.37. The van der Waals surface area contributed by atoms with Gasteiger partial charge in [-0.25, -0.2) is 0 Å². The summed E-state index contributed by atoms with van der Waals surface area (Å²) in [6, 6.07) is 0.762. The van der Waals surface area contributed by atoms with Gasteiger partial charge >= 0.3 is 0 Å². The fraction of sp³-hybridized carbons (Fsp3) is 1.00. The number of aliphatic hydroxyl groups is 1. The zero-order chi connectivity index (χ0) is 11.0. The molecule has 2 N–H and O–H groups in total. The SMILES string of the molecule is CCO.CNC1C(C)CCCCC1C. The first-order valence-electron chi connectivity index (χ1n) is 5.95. The standard InChI is InChI=1S/C10H21N.C2H6O/c1-8-6-4-5-7-9(2)10(8)11-3;1-2-3/h8-11H,4-7H2,1-3H3;3H,2H2,1H3. The van der Waals surface area contributed by atoms with Crippen LogP contribution in [0.1, 0.15) is 46.5 Å². The molecule has 1 fully saturated rings. The third-order valence-corrected chi connectivity index (χ3v) is 3.13. The van der Waals surface area contributed by atoms with E-state index in [1.54, 1.807) is 6.92 Å². The summed E-state index contributed by atoms with van der Waals surface area (Å²) in [7, 11) is 2.10. The molecule has 0 aromatic carbocycles. The van der Waals surface area contributed by atoms with Crippen LogP contribution in [0.3, 0.4) is 0 Å². The highest BCUT2D eigenvalue weighted by molar-refractivity contribution is 4.80. The van der Waals surface area contributed by atoms with E-state index in [1.165, 1.54) is 25.7 Å². The van der Waals surface area contributed by atoms with Gasteiger partial charge in [0.1, 0.15) is 0 Å². The molecule has 0 spiro atoms. The van der Waals surface area contributed by atoms with Crippen LogP contribution >= 0.6 is 0 Å². The lowest BCUT2D eigenvalue weighted by Gasteiger charge is -2.26. The van der Waals surface area contributed by atoms with E-state index in [1.807, 2.05) is 0 Å². The summed E-state index contributed by atoms with van der Waals surface area (Å²) in [6.45, 7) is 6.69. The predicted molar refractivity (Wildman–Crippen MR) is 62.4 cm³/mol. The first kappa shape index (κ1) is 13.9. The minimum absolute atomic E-state index is 0.250. The van der Waals surface area contributed by atoms with Gasteiger partial charge in [-0.1, -0.05) is 26.7 Å². The Morgan fingerprint density at radius 1 is 1.14 bits per heavy atom. The Labute approximate surface area is 89.1 Å². The minimum atomic E-state index is 0.250. The zero-order valence-corrected chi connectivity index (χ0v) is 10.2. The summed E-state index contributed by atoms with van der Waals surface area (Å²) < 4.78 is 0. The summed E-state index contributed by atoms with van der Waals surface area (Å²) in [5, 5.41) is 11.0. The molecule has 0 aliphatic heterocycles. The van der Waals surface area contributed by atoms with E-state index in [2.05, 4.69) is 26.2 Å². The quantitative estimate of drug-likeness (QED) is 0.639. The van der Waals surface area contributed by atoms with Crippen LogP contribution in [0.2, 0.25) is 0 Å². The second-order valence-electron chi connectivity index (χ2n) is 4.37. The number of nitrogens with one attached hydrogen (secondary N) is 1. The average Bonchev–Trinajstić information content (AvgIpc) is 2.29. The van der Waals surface area contributed by atoms with Crippen molar-refractivity contribution >= 4 is 0 Å². The maximum atomic E-state index is 7.57. The van der Waals surface area contributed by atoms with Gasteiger partial charge in [0.05, 0.1) is 0 Å². The molecule has 1 rings (SSSR count). The largest absolute Gasteiger partial charge is 0.397 e. The van der Waals surface area contributed by atoms with Crippen molar-refractivity contribution in [3.8, 4) is 0 Å². The van der Waals surface area contributed by atoms with E-state index in [9.17, 15) is 0 Å². The van der Waals surface area contributed by atoms with Crippen molar-refractivity contribution in [3.05, 3.63) is 0 Å². The Morgan fingerprint density at radius 3 is 1.79 bits per heavy atom. The molecule has 0 saturated heterocycles. The lowest BCUT2D eigenvalue weighted by atomic mass is 9.90. The lowest BCUT2D eigenvalue weighted by Crippen LogP contribution is -2.36. The molecule has 1 aliphatic rings. The second kappa shape index (κ2) is 8.25. The highest BCUT2D eigenvalue weighted by Gasteiger charge is 2.23. The molecule has 14 heavy (non-hydrogen) atoms. The molecule has 0 heterocycles. The number of hydrogen-bond acceptors (Lipinski definition) is 2. The van der Waals surface area contributed by atoms with Gasteiger partial charge in [-0.05, 0) is 38.6 Å². The first-order chi connectivity index (χ1) is 6.67. The van der Waals surface area contributed by atoms with Crippen LogP contribution in [0.15, 0.2) is 0 Å². The van der Waals surface area contributed by atoms with Gasteiger partial charge in [0.2, 0.25) is 0 Å². The normalized spacial score (nSPS) is 32.8. The van der Waals surface area contributed by atoms with Crippen LogP contribution in [-0.4, -0.2) is 24.8 Å². The maximum absolute atomic E-state index is 7.57.